The smallest absolute Gasteiger partial charge is 0.233 e. The van der Waals surface area contributed by atoms with Gasteiger partial charge >= 0.3 is 0 Å². The summed E-state index contributed by atoms with van der Waals surface area (Å²) in [7, 11) is 0. The number of carbonyl (C=O) groups excluding carboxylic acids is 1. The Morgan fingerprint density at radius 2 is 1.75 bits per heavy atom. The first-order valence-corrected chi connectivity index (χ1v) is 8.86. The molecule has 0 heterocycles. The number of nitrogens with one attached hydrogen (secondary N) is 2. The predicted molar refractivity (Wildman–Crippen MR) is 101 cm³/mol. The molecule has 0 radical (unpaired) electrons. The minimum atomic E-state index is -0.000188. The Morgan fingerprint density at radius 1 is 0.958 bits per heavy atom. The zero-order chi connectivity index (χ0) is 17.2. The van der Waals surface area contributed by atoms with Crippen LogP contribution in [0.2, 0.25) is 10.0 Å². The van der Waals surface area contributed by atoms with E-state index >= 15 is 0 Å². The van der Waals surface area contributed by atoms with Crippen molar-refractivity contribution in [3.05, 3.63) is 69.7 Å². The molecule has 5 heteroatoms. The second kappa shape index (κ2) is 10.3. The molecule has 0 saturated carbocycles. The van der Waals surface area contributed by atoms with E-state index in [1.807, 2.05) is 24.3 Å². The quantitative estimate of drug-likeness (QED) is 0.663. The van der Waals surface area contributed by atoms with Gasteiger partial charge in [0.1, 0.15) is 0 Å². The van der Waals surface area contributed by atoms with Crippen molar-refractivity contribution in [1.82, 2.24) is 10.6 Å². The third kappa shape index (κ3) is 6.91. The minimum Gasteiger partial charge on any atom is -0.355 e. The molecule has 128 valence electrons. The molecule has 0 aliphatic heterocycles. The highest BCUT2D eigenvalue weighted by Gasteiger charge is 2.03. The van der Waals surface area contributed by atoms with Crippen molar-refractivity contribution in [3.8, 4) is 0 Å². The van der Waals surface area contributed by atoms with Crippen LogP contribution >= 0.6 is 23.2 Å². The van der Waals surface area contributed by atoms with Crippen LogP contribution in [0.4, 0.5) is 0 Å². The van der Waals surface area contributed by atoms with Gasteiger partial charge in [0.15, 0.2) is 0 Å². The number of benzene rings is 2. The first-order chi connectivity index (χ1) is 11.6. The van der Waals surface area contributed by atoms with E-state index in [1.54, 1.807) is 12.1 Å². The summed E-state index contributed by atoms with van der Waals surface area (Å²) in [5, 5.41) is 7.31. The summed E-state index contributed by atoms with van der Waals surface area (Å²) < 4.78 is 0. The lowest BCUT2D eigenvalue weighted by atomic mass is 10.1. The first kappa shape index (κ1) is 18.8. The van der Waals surface area contributed by atoms with Crippen LogP contribution in [0, 0.1) is 0 Å². The second-order valence-electron chi connectivity index (χ2n) is 5.60. The van der Waals surface area contributed by atoms with Crippen molar-refractivity contribution in [1.29, 1.82) is 0 Å². The van der Waals surface area contributed by atoms with Crippen molar-refractivity contribution in [2.75, 3.05) is 19.6 Å². The summed E-state index contributed by atoms with van der Waals surface area (Å²) in [5.41, 5.74) is 2.31. The average molecular weight is 365 g/mol. The number of hydrogen-bond acceptors (Lipinski definition) is 2. The lowest BCUT2D eigenvalue weighted by molar-refractivity contribution is -0.120. The van der Waals surface area contributed by atoms with Crippen LogP contribution in [0.25, 0.3) is 0 Å². The number of hydrogen-bond donors (Lipinski definition) is 2. The van der Waals surface area contributed by atoms with Crippen LogP contribution in [0.1, 0.15) is 17.5 Å². The standard InChI is InChI=1S/C19H22Cl2N2O/c20-17-9-8-16(18(21)13-17)10-12-23-19(24)14-22-11-4-7-15-5-2-1-3-6-15/h1-3,5-6,8-9,13,22H,4,7,10-12,14H2,(H,23,24). The second-order valence-corrected chi connectivity index (χ2v) is 6.45. The number of rotatable bonds is 9. The minimum absolute atomic E-state index is 0.000188. The zero-order valence-electron chi connectivity index (χ0n) is 13.5. The summed E-state index contributed by atoms with van der Waals surface area (Å²) in [6.07, 6.45) is 2.72. The van der Waals surface area contributed by atoms with Crippen molar-refractivity contribution in [2.45, 2.75) is 19.3 Å². The zero-order valence-corrected chi connectivity index (χ0v) is 15.0. The lowest BCUT2D eigenvalue weighted by Gasteiger charge is -2.08. The normalized spacial score (nSPS) is 10.6. The van der Waals surface area contributed by atoms with Crippen LogP contribution in [-0.2, 0) is 17.6 Å². The molecule has 3 nitrogen and oxygen atoms in total. The number of aryl methyl sites for hydroxylation is 1. The van der Waals surface area contributed by atoms with Crippen LogP contribution in [-0.4, -0.2) is 25.5 Å². The van der Waals surface area contributed by atoms with Gasteiger partial charge in [-0.05, 0) is 49.1 Å². The topological polar surface area (TPSA) is 41.1 Å². The highest BCUT2D eigenvalue weighted by molar-refractivity contribution is 6.35. The largest absolute Gasteiger partial charge is 0.355 e. The maximum atomic E-state index is 11.8. The van der Waals surface area contributed by atoms with E-state index in [4.69, 9.17) is 23.2 Å². The van der Waals surface area contributed by atoms with Crippen LogP contribution in [0.5, 0.6) is 0 Å². The highest BCUT2D eigenvalue weighted by Crippen LogP contribution is 2.20. The summed E-state index contributed by atoms with van der Waals surface area (Å²) in [5.74, 6) is -0.000188. The fraction of sp³-hybridized carbons (Fsp3) is 0.316. The van der Waals surface area contributed by atoms with E-state index in [9.17, 15) is 4.79 Å². The molecule has 0 aliphatic rings. The molecule has 0 bridgehead atoms. The molecule has 0 atom stereocenters. The molecule has 2 aromatic rings. The van der Waals surface area contributed by atoms with E-state index in [0.717, 1.165) is 24.9 Å². The van der Waals surface area contributed by atoms with Crippen molar-refractivity contribution >= 4 is 29.1 Å². The molecule has 0 spiro atoms. The van der Waals surface area contributed by atoms with Gasteiger partial charge in [-0.3, -0.25) is 4.79 Å². The molecule has 0 unspecified atom stereocenters. The van der Waals surface area contributed by atoms with Crippen LogP contribution < -0.4 is 10.6 Å². The fourth-order valence-corrected chi connectivity index (χ4v) is 2.89. The lowest BCUT2D eigenvalue weighted by Crippen LogP contribution is -2.35. The van der Waals surface area contributed by atoms with E-state index in [-0.39, 0.29) is 5.91 Å². The monoisotopic (exact) mass is 364 g/mol. The maximum Gasteiger partial charge on any atom is 0.233 e. The Bertz CT molecular complexity index is 647. The van der Waals surface area contributed by atoms with Gasteiger partial charge in [0.2, 0.25) is 5.91 Å². The van der Waals surface area contributed by atoms with Gasteiger partial charge in [-0.15, -0.1) is 0 Å². The molecule has 0 aromatic heterocycles. The van der Waals surface area contributed by atoms with Gasteiger partial charge in [0.05, 0.1) is 6.54 Å². The molecular weight excluding hydrogens is 343 g/mol. The molecule has 0 saturated heterocycles. The molecule has 2 N–H and O–H groups in total. The van der Waals surface area contributed by atoms with E-state index in [0.29, 0.717) is 29.6 Å². The molecule has 2 aromatic carbocycles. The Kier molecular flexibility index (Phi) is 8.10. The molecule has 0 aliphatic carbocycles. The Morgan fingerprint density at radius 3 is 2.50 bits per heavy atom. The SMILES string of the molecule is O=C(CNCCCc1ccccc1)NCCc1ccc(Cl)cc1Cl. The molecule has 0 fully saturated rings. The Hall–Kier alpha value is -1.55. The molecule has 1 amide bonds. The van der Waals surface area contributed by atoms with Crippen molar-refractivity contribution in [2.24, 2.45) is 0 Å². The third-order valence-electron chi connectivity index (χ3n) is 3.68. The van der Waals surface area contributed by atoms with Crippen LogP contribution in [0.3, 0.4) is 0 Å². The van der Waals surface area contributed by atoms with Gasteiger partial charge in [-0.25, -0.2) is 0 Å². The van der Waals surface area contributed by atoms with Gasteiger partial charge in [0, 0.05) is 16.6 Å². The van der Waals surface area contributed by atoms with Gasteiger partial charge in [-0.2, -0.15) is 0 Å². The van der Waals surface area contributed by atoms with Gasteiger partial charge < -0.3 is 10.6 Å². The summed E-state index contributed by atoms with van der Waals surface area (Å²) in [6.45, 7) is 1.72. The molecule has 24 heavy (non-hydrogen) atoms. The first-order valence-electron chi connectivity index (χ1n) is 8.10. The van der Waals surface area contributed by atoms with Crippen molar-refractivity contribution < 1.29 is 4.79 Å². The Labute approximate surface area is 153 Å². The summed E-state index contributed by atoms with van der Waals surface area (Å²) in [4.78, 5) is 11.8. The maximum absolute atomic E-state index is 11.8. The summed E-state index contributed by atoms with van der Waals surface area (Å²) in [6, 6.07) is 15.8. The molecular formula is C19H22Cl2N2O. The van der Waals surface area contributed by atoms with Crippen LogP contribution in [0.15, 0.2) is 48.5 Å². The van der Waals surface area contributed by atoms with Gasteiger partial charge in [-0.1, -0.05) is 59.6 Å². The third-order valence-corrected chi connectivity index (χ3v) is 4.27. The van der Waals surface area contributed by atoms with E-state index in [2.05, 4.69) is 22.8 Å². The number of amides is 1. The highest BCUT2D eigenvalue weighted by atomic mass is 35.5. The Balaban J connectivity index is 1.55. The number of halogens is 2. The summed E-state index contributed by atoms with van der Waals surface area (Å²) >= 11 is 12.0. The van der Waals surface area contributed by atoms with Crippen molar-refractivity contribution in [3.63, 3.8) is 0 Å². The number of carbonyl (C=O) groups is 1. The average Bonchev–Trinajstić information content (AvgIpc) is 2.57. The fourth-order valence-electron chi connectivity index (χ4n) is 2.39. The predicted octanol–water partition coefficient (Wildman–Crippen LogP) is 3.87. The van der Waals surface area contributed by atoms with E-state index < -0.39 is 0 Å². The van der Waals surface area contributed by atoms with Gasteiger partial charge in [0.25, 0.3) is 0 Å². The molecule has 2 rings (SSSR count). The van der Waals surface area contributed by atoms with E-state index in [1.165, 1.54) is 5.56 Å².